The highest BCUT2D eigenvalue weighted by molar-refractivity contribution is 4.98. The third-order valence-corrected chi connectivity index (χ3v) is 4.16. The summed E-state index contributed by atoms with van der Waals surface area (Å²) in [5.74, 6) is 1.03. The molecular formula is C17H30N2O2. The van der Waals surface area contributed by atoms with Gasteiger partial charge in [-0.15, -0.1) is 0 Å². The maximum Gasteiger partial charge on any atom is 0.117 e. The normalized spacial score (nSPS) is 19.1. The minimum absolute atomic E-state index is 0.158. The van der Waals surface area contributed by atoms with Gasteiger partial charge in [-0.05, 0) is 58.2 Å². The molecule has 0 radical (unpaired) electrons. The van der Waals surface area contributed by atoms with Gasteiger partial charge in [0.05, 0.1) is 12.8 Å². The summed E-state index contributed by atoms with van der Waals surface area (Å²) in [7, 11) is 2.18. The summed E-state index contributed by atoms with van der Waals surface area (Å²) in [6.07, 6.45) is 3.99. The molecule has 1 aliphatic rings. The smallest absolute Gasteiger partial charge is 0.117 e. The molecule has 4 heteroatoms. The summed E-state index contributed by atoms with van der Waals surface area (Å²) in [6, 6.07) is 4.00. The third kappa shape index (κ3) is 5.46. The molecule has 0 amide bonds. The lowest BCUT2D eigenvalue weighted by molar-refractivity contribution is -0.00508. The Bertz CT molecular complexity index is 403. The van der Waals surface area contributed by atoms with Gasteiger partial charge in [0.15, 0.2) is 0 Å². The highest BCUT2D eigenvalue weighted by Crippen LogP contribution is 2.31. The van der Waals surface area contributed by atoms with E-state index >= 15 is 0 Å². The maximum absolute atomic E-state index is 5.58. The summed E-state index contributed by atoms with van der Waals surface area (Å²) in [4.78, 5) is 2.37. The Balaban J connectivity index is 1.94. The Morgan fingerprint density at radius 1 is 1.29 bits per heavy atom. The number of hydrogen-bond donors (Lipinski definition) is 1. The quantitative estimate of drug-likeness (QED) is 0.875. The molecule has 1 N–H and O–H groups in total. The highest BCUT2D eigenvalue weighted by Gasteiger charge is 2.34. The van der Waals surface area contributed by atoms with Crippen molar-refractivity contribution in [3.63, 3.8) is 0 Å². The zero-order valence-corrected chi connectivity index (χ0v) is 13.9. The number of nitrogens with one attached hydrogen (secondary N) is 1. The first-order valence-electron chi connectivity index (χ1n) is 7.92. The maximum atomic E-state index is 5.58. The Morgan fingerprint density at radius 3 is 2.57 bits per heavy atom. The highest BCUT2D eigenvalue weighted by atomic mass is 16.5. The number of nitrogens with zero attached hydrogens (tertiary/aromatic N) is 1. The molecule has 0 bridgehead atoms. The van der Waals surface area contributed by atoms with E-state index in [1.165, 1.54) is 0 Å². The number of furan rings is 1. The summed E-state index contributed by atoms with van der Waals surface area (Å²) in [6.45, 7) is 11.4. The molecule has 120 valence electrons. The second-order valence-corrected chi connectivity index (χ2v) is 7.47. The first-order chi connectivity index (χ1) is 9.89. The van der Waals surface area contributed by atoms with Crippen molar-refractivity contribution in [1.29, 1.82) is 0 Å². The molecule has 1 saturated heterocycles. The number of hydrogen-bond acceptors (Lipinski definition) is 4. The van der Waals surface area contributed by atoms with Crippen LogP contribution in [0.4, 0.5) is 0 Å². The van der Waals surface area contributed by atoms with Crippen LogP contribution in [0.5, 0.6) is 0 Å². The van der Waals surface area contributed by atoms with E-state index in [1.807, 2.05) is 12.1 Å². The van der Waals surface area contributed by atoms with Gasteiger partial charge in [-0.2, -0.15) is 0 Å². The van der Waals surface area contributed by atoms with E-state index < -0.39 is 0 Å². The van der Waals surface area contributed by atoms with Gasteiger partial charge in [-0.3, -0.25) is 4.90 Å². The fourth-order valence-electron chi connectivity index (χ4n) is 2.94. The minimum atomic E-state index is 0.158. The molecule has 1 aliphatic heterocycles. The predicted octanol–water partition coefficient (Wildman–Crippen LogP) is 2.90. The van der Waals surface area contributed by atoms with Gasteiger partial charge in [-0.25, -0.2) is 0 Å². The van der Waals surface area contributed by atoms with E-state index in [-0.39, 0.29) is 5.54 Å². The van der Waals surface area contributed by atoms with Crippen molar-refractivity contribution in [1.82, 2.24) is 10.2 Å². The first-order valence-corrected chi connectivity index (χ1v) is 7.92. The molecule has 2 heterocycles. The van der Waals surface area contributed by atoms with Crippen LogP contribution < -0.4 is 5.32 Å². The van der Waals surface area contributed by atoms with Gasteiger partial charge in [0.25, 0.3) is 0 Å². The lowest BCUT2D eigenvalue weighted by Crippen LogP contribution is -2.50. The van der Waals surface area contributed by atoms with Crippen molar-refractivity contribution in [3.05, 3.63) is 24.2 Å². The average molecular weight is 294 g/mol. The van der Waals surface area contributed by atoms with E-state index in [2.05, 4.69) is 38.0 Å². The predicted molar refractivity (Wildman–Crippen MR) is 85.3 cm³/mol. The lowest BCUT2D eigenvalue weighted by Gasteiger charge is -2.42. The molecule has 1 aromatic heterocycles. The van der Waals surface area contributed by atoms with Crippen molar-refractivity contribution in [2.75, 3.05) is 33.4 Å². The largest absolute Gasteiger partial charge is 0.468 e. The first kappa shape index (κ1) is 16.5. The van der Waals surface area contributed by atoms with Crippen molar-refractivity contribution in [2.24, 2.45) is 5.41 Å². The van der Waals surface area contributed by atoms with Crippen LogP contribution in [0.3, 0.4) is 0 Å². The van der Waals surface area contributed by atoms with Gasteiger partial charge >= 0.3 is 0 Å². The van der Waals surface area contributed by atoms with E-state index in [9.17, 15) is 0 Å². The molecule has 0 spiro atoms. The van der Waals surface area contributed by atoms with Crippen LogP contribution in [0.15, 0.2) is 22.8 Å². The minimum Gasteiger partial charge on any atom is -0.468 e. The zero-order chi connectivity index (χ0) is 15.3. The second-order valence-electron chi connectivity index (χ2n) is 7.47. The van der Waals surface area contributed by atoms with Gasteiger partial charge in [0.1, 0.15) is 5.76 Å². The van der Waals surface area contributed by atoms with Crippen molar-refractivity contribution < 1.29 is 9.15 Å². The second kappa shape index (κ2) is 6.95. The summed E-state index contributed by atoms with van der Waals surface area (Å²) in [5.41, 5.74) is 0.456. The standard InChI is InChI=1S/C17H30N2O2/c1-16(2,3)18-13-17(7-10-20-11-8-17)14-19(4)12-15-6-5-9-21-15/h5-6,9,18H,7-8,10-14H2,1-4H3. The van der Waals surface area contributed by atoms with Crippen molar-refractivity contribution >= 4 is 0 Å². The van der Waals surface area contributed by atoms with E-state index in [0.717, 1.165) is 51.4 Å². The van der Waals surface area contributed by atoms with Crippen LogP contribution in [0, 0.1) is 5.41 Å². The van der Waals surface area contributed by atoms with Crippen molar-refractivity contribution in [2.45, 2.75) is 45.7 Å². The molecule has 1 fully saturated rings. The van der Waals surface area contributed by atoms with Crippen molar-refractivity contribution in [3.8, 4) is 0 Å². The molecule has 0 unspecified atom stereocenters. The molecule has 0 atom stereocenters. The monoisotopic (exact) mass is 294 g/mol. The molecule has 21 heavy (non-hydrogen) atoms. The van der Waals surface area contributed by atoms with E-state index in [4.69, 9.17) is 9.15 Å². The van der Waals surface area contributed by atoms with Gasteiger partial charge < -0.3 is 14.5 Å². The Kier molecular flexibility index (Phi) is 5.47. The Hall–Kier alpha value is -0.840. The lowest BCUT2D eigenvalue weighted by atomic mass is 9.79. The molecule has 1 aromatic rings. The van der Waals surface area contributed by atoms with Crippen LogP contribution in [-0.4, -0.2) is 43.8 Å². The van der Waals surface area contributed by atoms with Crippen LogP contribution in [-0.2, 0) is 11.3 Å². The van der Waals surface area contributed by atoms with Gasteiger partial charge in [0.2, 0.25) is 0 Å². The van der Waals surface area contributed by atoms with Crippen LogP contribution in [0.25, 0.3) is 0 Å². The summed E-state index contributed by atoms with van der Waals surface area (Å²) < 4.78 is 11.0. The summed E-state index contributed by atoms with van der Waals surface area (Å²) >= 11 is 0. The third-order valence-electron chi connectivity index (χ3n) is 4.16. The van der Waals surface area contributed by atoms with E-state index in [0.29, 0.717) is 5.41 Å². The van der Waals surface area contributed by atoms with Crippen LogP contribution >= 0.6 is 0 Å². The topological polar surface area (TPSA) is 37.6 Å². The van der Waals surface area contributed by atoms with Crippen LogP contribution in [0.1, 0.15) is 39.4 Å². The fraction of sp³-hybridized carbons (Fsp3) is 0.765. The SMILES string of the molecule is CN(Cc1ccco1)CC1(CNC(C)(C)C)CCOCC1. The molecule has 4 nitrogen and oxygen atoms in total. The van der Waals surface area contributed by atoms with Gasteiger partial charge in [0, 0.05) is 31.8 Å². The average Bonchev–Trinajstić information content (AvgIpc) is 2.89. The Labute approximate surface area is 128 Å². The van der Waals surface area contributed by atoms with Gasteiger partial charge in [-0.1, -0.05) is 0 Å². The Morgan fingerprint density at radius 2 is 2.00 bits per heavy atom. The van der Waals surface area contributed by atoms with Crippen LogP contribution in [0.2, 0.25) is 0 Å². The summed E-state index contributed by atoms with van der Waals surface area (Å²) in [5, 5.41) is 3.69. The molecule has 0 aliphatic carbocycles. The molecular weight excluding hydrogens is 264 g/mol. The van der Waals surface area contributed by atoms with E-state index in [1.54, 1.807) is 6.26 Å². The molecule has 2 rings (SSSR count). The number of rotatable bonds is 6. The zero-order valence-electron chi connectivity index (χ0n) is 13.9. The fourth-order valence-corrected chi connectivity index (χ4v) is 2.94. The molecule has 0 aromatic carbocycles. The molecule has 0 saturated carbocycles. The number of ether oxygens (including phenoxy) is 1.